The molecule has 1 amide bonds. The number of para-hydroxylation sites is 1. The van der Waals surface area contributed by atoms with Crippen molar-refractivity contribution < 1.29 is 19.1 Å². The van der Waals surface area contributed by atoms with E-state index in [-0.39, 0.29) is 5.91 Å². The number of halogens is 1. The monoisotopic (exact) mass is 370 g/mol. The van der Waals surface area contributed by atoms with Crippen molar-refractivity contribution in [3.63, 3.8) is 0 Å². The number of amides is 1. The van der Waals surface area contributed by atoms with Crippen molar-refractivity contribution in [2.24, 2.45) is 4.99 Å². The minimum Gasteiger partial charge on any atom is -0.480 e. The largest absolute Gasteiger partial charge is 0.480 e. The Bertz CT molecular complexity index is 915. The van der Waals surface area contributed by atoms with Gasteiger partial charge >= 0.3 is 5.97 Å². The number of carbonyl (C=O) groups excluding carboxylic acids is 1. The summed E-state index contributed by atoms with van der Waals surface area (Å²) in [4.78, 5) is 29.8. The fourth-order valence-electron chi connectivity index (χ4n) is 2.75. The van der Waals surface area contributed by atoms with Crippen LogP contribution in [0.15, 0.2) is 53.5 Å². The molecule has 27 heavy (non-hydrogen) atoms. The van der Waals surface area contributed by atoms with E-state index in [0.29, 0.717) is 22.5 Å². The second-order valence-electron chi connectivity index (χ2n) is 6.15. The Balaban J connectivity index is 2.07. The molecule has 0 radical (unpaired) electrons. The molecular formula is C19H19FN4O3. The van der Waals surface area contributed by atoms with Gasteiger partial charge in [-0.15, -0.1) is 0 Å². The minimum absolute atomic E-state index is 0.376. The number of anilines is 1. The molecule has 3 N–H and O–H groups in total. The van der Waals surface area contributed by atoms with Crippen molar-refractivity contribution in [3.05, 3.63) is 65.5 Å². The summed E-state index contributed by atoms with van der Waals surface area (Å²) in [6, 6.07) is 12.2. The predicted octanol–water partition coefficient (Wildman–Crippen LogP) is 1.53. The molecule has 140 valence electrons. The Morgan fingerprint density at radius 1 is 1.26 bits per heavy atom. The summed E-state index contributed by atoms with van der Waals surface area (Å²) in [5, 5.41) is 9.01. The number of likely N-dealkylation sites (N-methyl/N-ethyl adjacent to an activating group) is 1. The average Bonchev–Trinajstić information content (AvgIpc) is 2.76. The van der Waals surface area contributed by atoms with Gasteiger partial charge in [0.2, 0.25) is 0 Å². The van der Waals surface area contributed by atoms with Crippen LogP contribution in [0.3, 0.4) is 0 Å². The highest BCUT2D eigenvalue weighted by atomic mass is 19.1. The molecule has 2 aromatic carbocycles. The van der Waals surface area contributed by atoms with E-state index >= 15 is 0 Å². The molecule has 0 aliphatic carbocycles. The summed E-state index contributed by atoms with van der Waals surface area (Å²) in [6.45, 7) is 1.44. The van der Waals surface area contributed by atoms with Crippen LogP contribution in [0, 0.1) is 5.82 Å². The number of hydrogen-bond donors (Lipinski definition) is 3. The first-order chi connectivity index (χ1) is 12.9. The molecular weight excluding hydrogens is 351 g/mol. The van der Waals surface area contributed by atoms with Crippen LogP contribution in [0.4, 0.5) is 10.1 Å². The normalized spacial score (nSPS) is 17.7. The van der Waals surface area contributed by atoms with Gasteiger partial charge in [-0.1, -0.05) is 30.3 Å². The Labute approximate surface area is 155 Å². The molecule has 0 saturated carbocycles. The third-order valence-corrected chi connectivity index (χ3v) is 4.25. The highest BCUT2D eigenvalue weighted by molar-refractivity contribution is 6.19. The van der Waals surface area contributed by atoms with Crippen molar-refractivity contribution in [1.29, 1.82) is 0 Å². The smallest absolute Gasteiger partial charge is 0.321 e. The fraction of sp³-hybridized carbons (Fsp3) is 0.211. The minimum atomic E-state index is -1.08. The number of carboxylic acids is 1. The van der Waals surface area contributed by atoms with E-state index in [4.69, 9.17) is 5.11 Å². The molecule has 1 aliphatic rings. The number of rotatable bonds is 5. The lowest BCUT2D eigenvalue weighted by molar-refractivity contribution is -0.139. The number of nitrogens with one attached hydrogen (secondary N) is 2. The van der Waals surface area contributed by atoms with Gasteiger partial charge in [0, 0.05) is 18.2 Å². The zero-order chi connectivity index (χ0) is 19.6. The quantitative estimate of drug-likeness (QED) is 0.694. The Morgan fingerprint density at radius 2 is 2.00 bits per heavy atom. The van der Waals surface area contributed by atoms with Crippen LogP contribution in [0.1, 0.15) is 18.1 Å². The van der Waals surface area contributed by atoms with Gasteiger partial charge in [0.25, 0.3) is 5.91 Å². The SMILES string of the molecule is C[C@H](NNC1N=C(c2cccc(F)c2)c2ccccc2N(C)C1=O)C(=O)O. The van der Waals surface area contributed by atoms with Gasteiger partial charge in [0.15, 0.2) is 6.17 Å². The van der Waals surface area contributed by atoms with Gasteiger partial charge < -0.3 is 10.0 Å². The second-order valence-corrected chi connectivity index (χ2v) is 6.15. The Kier molecular flexibility index (Phi) is 5.29. The molecule has 2 aromatic rings. The number of aliphatic carboxylic acids is 1. The number of carbonyl (C=O) groups is 2. The van der Waals surface area contributed by atoms with Gasteiger partial charge in [-0.3, -0.25) is 14.6 Å². The van der Waals surface area contributed by atoms with Crippen LogP contribution < -0.4 is 15.8 Å². The summed E-state index contributed by atoms with van der Waals surface area (Å²) in [5.41, 5.74) is 7.49. The zero-order valence-corrected chi connectivity index (χ0v) is 14.8. The van der Waals surface area contributed by atoms with Crippen LogP contribution in [0.25, 0.3) is 0 Å². The van der Waals surface area contributed by atoms with Crippen LogP contribution in [-0.2, 0) is 9.59 Å². The number of benzodiazepines with no additional fused rings is 1. The van der Waals surface area contributed by atoms with E-state index in [1.807, 2.05) is 6.07 Å². The van der Waals surface area contributed by atoms with Crippen LogP contribution in [-0.4, -0.2) is 41.9 Å². The van der Waals surface area contributed by atoms with Crippen molar-refractivity contribution in [2.75, 3.05) is 11.9 Å². The maximum absolute atomic E-state index is 13.8. The van der Waals surface area contributed by atoms with E-state index in [0.717, 1.165) is 0 Å². The molecule has 3 rings (SSSR count). The van der Waals surface area contributed by atoms with Crippen molar-refractivity contribution in [3.8, 4) is 0 Å². The summed E-state index contributed by atoms with van der Waals surface area (Å²) < 4.78 is 13.8. The van der Waals surface area contributed by atoms with Crippen molar-refractivity contribution in [1.82, 2.24) is 10.9 Å². The van der Waals surface area contributed by atoms with Crippen LogP contribution >= 0.6 is 0 Å². The molecule has 0 bridgehead atoms. The zero-order valence-electron chi connectivity index (χ0n) is 14.8. The lowest BCUT2D eigenvalue weighted by Crippen LogP contribution is -2.53. The lowest BCUT2D eigenvalue weighted by atomic mass is 10.0. The van der Waals surface area contributed by atoms with E-state index < -0.39 is 24.0 Å². The second kappa shape index (κ2) is 7.65. The van der Waals surface area contributed by atoms with E-state index in [2.05, 4.69) is 15.8 Å². The highest BCUT2D eigenvalue weighted by Gasteiger charge is 2.30. The average molecular weight is 370 g/mol. The fourth-order valence-corrected chi connectivity index (χ4v) is 2.75. The maximum Gasteiger partial charge on any atom is 0.321 e. The number of fused-ring (bicyclic) bond motifs is 1. The first-order valence-corrected chi connectivity index (χ1v) is 8.33. The van der Waals surface area contributed by atoms with Gasteiger partial charge in [-0.25, -0.2) is 15.2 Å². The third-order valence-electron chi connectivity index (χ3n) is 4.25. The number of hydrazine groups is 1. The van der Waals surface area contributed by atoms with Gasteiger partial charge in [-0.2, -0.15) is 0 Å². The summed E-state index contributed by atoms with van der Waals surface area (Å²) in [7, 11) is 1.61. The topological polar surface area (TPSA) is 94.0 Å². The van der Waals surface area contributed by atoms with E-state index in [1.165, 1.54) is 24.0 Å². The van der Waals surface area contributed by atoms with Gasteiger partial charge in [-0.05, 0) is 25.1 Å². The molecule has 1 unspecified atom stereocenters. The molecule has 0 aromatic heterocycles. The number of carboxylic acid groups (broad SMARTS) is 1. The van der Waals surface area contributed by atoms with Gasteiger partial charge in [0.05, 0.1) is 11.4 Å². The number of hydrogen-bond acceptors (Lipinski definition) is 5. The number of aliphatic imine (C=N–C) groups is 1. The van der Waals surface area contributed by atoms with Gasteiger partial charge in [0.1, 0.15) is 11.9 Å². The summed E-state index contributed by atoms with van der Waals surface area (Å²) >= 11 is 0. The summed E-state index contributed by atoms with van der Waals surface area (Å²) in [6.07, 6.45) is -1.08. The molecule has 1 heterocycles. The predicted molar refractivity (Wildman–Crippen MR) is 99.0 cm³/mol. The standard InChI is InChI=1S/C19H19FN4O3/c1-11(19(26)27)22-23-17-18(25)24(2)15-9-4-3-8-14(15)16(21-17)12-6-5-7-13(20)10-12/h3-11,17,22-23H,1-2H3,(H,26,27)/t11-,17?/m0/s1. The molecule has 1 aliphatic heterocycles. The molecule has 0 fully saturated rings. The highest BCUT2D eigenvalue weighted by Crippen LogP contribution is 2.27. The molecule has 2 atom stereocenters. The Morgan fingerprint density at radius 3 is 2.70 bits per heavy atom. The number of nitrogens with zero attached hydrogens (tertiary/aromatic N) is 2. The van der Waals surface area contributed by atoms with Crippen molar-refractivity contribution in [2.45, 2.75) is 19.1 Å². The molecule has 8 heteroatoms. The molecule has 0 saturated heterocycles. The Hall–Kier alpha value is -3.10. The summed E-state index contributed by atoms with van der Waals surface area (Å²) in [5.74, 6) is -1.87. The van der Waals surface area contributed by atoms with E-state index in [1.54, 1.807) is 37.4 Å². The first-order valence-electron chi connectivity index (χ1n) is 8.33. The van der Waals surface area contributed by atoms with Crippen LogP contribution in [0.5, 0.6) is 0 Å². The molecule has 7 nitrogen and oxygen atoms in total. The number of benzene rings is 2. The molecule has 0 spiro atoms. The third kappa shape index (κ3) is 3.86. The van der Waals surface area contributed by atoms with Crippen molar-refractivity contribution >= 4 is 23.3 Å². The van der Waals surface area contributed by atoms with Crippen LogP contribution in [0.2, 0.25) is 0 Å². The maximum atomic E-state index is 13.8. The first kappa shape index (κ1) is 18.7. The lowest BCUT2D eigenvalue weighted by Gasteiger charge is -2.21. The van der Waals surface area contributed by atoms with E-state index in [9.17, 15) is 14.0 Å².